The van der Waals surface area contributed by atoms with Crippen LogP contribution in [-0.2, 0) is 18.4 Å². The molecule has 0 aromatic rings. The number of carbonyl (C=O) groups excluding carboxylic acids is 1. The maximum absolute atomic E-state index is 13.0. The zero-order valence-corrected chi connectivity index (χ0v) is 50.8. The molecule has 0 aromatic carbocycles. The molecule has 0 aliphatic rings. The van der Waals surface area contributed by atoms with Crippen LogP contribution in [0.4, 0.5) is 0 Å². The summed E-state index contributed by atoms with van der Waals surface area (Å²) in [5.74, 6) is -0.189. The standard InChI is InChI=1S/C64H129N2O6P/c1-6-8-10-12-14-16-18-20-22-24-26-27-28-29-30-31-32-33-34-35-36-37-38-39-40-42-44-46-48-50-52-54-56-58-64(68)65-62(61-72-73(69,70)71-60-59-66(3,4)5)63(67)57-55-53-51-49-47-45-43-41-25-23-21-19-17-15-13-11-9-7-2/h55,57,62-63,67H,6-54,56,58-61H2,1-5H3,(H-,65,68,69,70)/b57-55+. The molecule has 0 rings (SSSR count). The Morgan fingerprint density at radius 2 is 0.740 bits per heavy atom. The molecule has 1 amide bonds. The van der Waals surface area contributed by atoms with Crippen LogP contribution in [0.15, 0.2) is 12.2 Å². The van der Waals surface area contributed by atoms with Gasteiger partial charge >= 0.3 is 0 Å². The van der Waals surface area contributed by atoms with Gasteiger partial charge in [-0.05, 0) is 19.3 Å². The van der Waals surface area contributed by atoms with Crippen LogP contribution in [0.3, 0.4) is 0 Å². The second-order valence-electron chi connectivity index (χ2n) is 23.8. The first kappa shape index (κ1) is 72.2. The Morgan fingerprint density at radius 3 is 1.03 bits per heavy atom. The number of nitrogens with one attached hydrogen (secondary N) is 1. The fourth-order valence-electron chi connectivity index (χ4n) is 10.2. The molecule has 436 valence electrons. The highest BCUT2D eigenvalue weighted by atomic mass is 31.2. The lowest BCUT2D eigenvalue weighted by atomic mass is 10.0. The minimum absolute atomic E-state index is 0.00277. The minimum atomic E-state index is -4.59. The zero-order valence-electron chi connectivity index (χ0n) is 49.9. The molecule has 0 heterocycles. The largest absolute Gasteiger partial charge is 0.756 e. The van der Waals surface area contributed by atoms with E-state index in [1.807, 2.05) is 27.2 Å². The third-order valence-corrected chi connectivity index (χ3v) is 16.2. The second-order valence-corrected chi connectivity index (χ2v) is 25.2. The molecule has 0 aliphatic heterocycles. The second kappa shape index (κ2) is 56.0. The van der Waals surface area contributed by atoms with Gasteiger partial charge in [-0.15, -0.1) is 0 Å². The number of aliphatic hydroxyl groups is 1. The fourth-order valence-corrected chi connectivity index (χ4v) is 10.9. The van der Waals surface area contributed by atoms with Gasteiger partial charge in [0.15, 0.2) is 0 Å². The van der Waals surface area contributed by atoms with Gasteiger partial charge in [-0.3, -0.25) is 9.36 Å². The smallest absolute Gasteiger partial charge is 0.268 e. The van der Waals surface area contributed by atoms with Crippen molar-refractivity contribution < 1.29 is 32.9 Å². The number of amides is 1. The number of aliphatic hydroxyl groups excluding tert-OH is 1. The highest BCUT2D eigenvalue weighted by Crippen LogP contribution is 2.38. The Labute approximate surface area is 456 Å². The monoisotopic (exact) mass is 1050 g/mol. The molecule has 0 fully saturated rings. The molecule has 73 heavy (non-hydrogen) atoms. The number of hydrogen-bond acceptors (Lipinski definition) is 6. The third kappa shape index (κ3) is 58.8. The molecule has 8 nitrogen and oxygen atoms in total. The molecule has 0 radical (unpaired) electrons. The SMILES string of the molecule is CCCCCCCCCCCCCCCCCC/C=C/C(O)C(COP(=O)([O-])OCC[N+](C)(C)C)NC(=O)CCCCCCCCCCCCCCCCCCCCCCCCCCCCCCCCCCC. The summed E-state index contributed by atoms with van der Waals surface area (Å²) in [6.07, 6.45) is 70.4. The van der Waals surface area contributed by atoms with E-state index in [1.165, 1.54) is 283 Å². The normalized spacial score (nSPS) is 13.8. The first-order chi connectivity index (χ1) is 35.5. The molecule has 3 unspecified atom stereocenters. The predicted octanol–water partition coefficient (Wildman–Crippen LogP) is 19.5. The molecule has 9 heteroatoms. The Morgan fingerprint density at radius 1 is 0.466 bits per heavy atom. The number of likely N-dealkylation sites (N-methyl/N-ethyl adjacent to an activating group) is 1. The van der Waals surface area contributed by atoms with E-state index in [0.717, 1.165) is 38.5 Å². The van der Waals surface area contributed by atoms with E-state index in [2.05, 4.69) is 19.2 Å². The molecule has 3 atom stereocenters. The number of allylic oxidation sites excluding steroid dienone is 1. The maximum Gasteiger partial charge on any atom is 0.268 e. The number of rotatable bonds is 61. The van der Waals surface area contributed by atoms with Crippen LogP contribution in [0, 0.1) is 0 Å². The average Bonchev–Trinajstić information content (AvgIpc) is 3.35. The van der Waals surface area contributed by atoms with Crippen LogP contribution < -0.4 is 10.2 Å². The number of carbonyl (C=O) groups is 1. The van der Waals surface area contributed by atoms with Crippen molar-refractivity contribution in [1.82, 2.24) is 5.32 Å². The first-order valence-corrected chi connectivity index (χ1v) is 34.0. The van der Waals surface area contributed by atoms with Crippen molar-refractivity contribution >= 4 is 13.7 Å². The van der Waals surface area contributed by atoms with Crippen LogP contribution >= 0.6 is 7.82 Å². The summed E-state index contributed by atoms with van der Waals surface area (Å²) in [6.45, 7) is 4.71. The van der Waals surface area contributed by atoms with E-state index in [0.29, 0.717) is 17.4 Å². The number of phosphoric acid groups is 1. The quantitative estimate of drug-likeness (QED) is 0.0272. The molecule has 0 aromatic heterocycles. The van der Waals surface area contributed by atoms with Crippen molar-refractivity contribution in [2.24, 2.45) is 0 Å². The van der Waals surface area contributed by atoms with E-state index in [9.17, 15) is 19.4 Å². The van der Waals surface area contributed by atoms with Gasteiger partial charge in [0.05, 0.1) is 39.9 Å². The summed E-state index contributed by atoms with van der Waals surface area (Å²) >= 11 is 0. The van der Waals surface area contributed by atoms with E-state index >= 15 is 0 Å². The molecule has 0 bridgehead atoms. The number of quaternary nitrogens is 1. The lowest BCUT2D eigenvalue weighted by Crippen LogP contribution is -2.45. The van der Waals surface area contributed by atoms with E-state index in [1.54, 1.807) is 6.08 Å². The van der Waals surface area contributed by atoms with Crippen LogP contribution in [0.1, 0.15) is 341 Å². The summed E-state index contributed by atoms with van der Waals surface area (Å²) in [5, 5.41) is 13.9. The van der Waals surface area contributed by atoms with Gasteiger partial charge in [0.1, 0.15) is 13.2 Å². The number of unbranched alkanes of at least 4 members (excludes halogenated alkanes) is 48. The van der Waals surface area contributed by atoms with Gasteiger partial charge in [0, 0.05) is 6.42 Å². The minimum Gasteiger partial charge on any atom is -0.756 e. The summed E-state index contributed by atoms with van der Waals surface area (Å²) in [7, 11) is 1.28. The van der Waals surface area contributed by atoms with Crippen molar-refractivity contribution in [3.8, 4) is 0 Å². The van der Waals surface area contributed by atoms with Crippen LogP contribution in [0.2, 0.25) is 0 Å². The summed E-state index contributed by atoms with van der Waals surface area (Å²) in [4.78, 5) is 25.5. The van der Waals surface area contributed by atoms with Gasteiger partial charge in [-0.25, -0.2) is 0 Å². The summed E-state index contributed by atoms with van der Waals surface area (Å²) < 4.78 is 23.4. The Bertz CT molecular complexity index is 1200. The Balaban J connectivity index is 3.99. The third-order valence-electron chi connectivity index (χ3n) is 15.2. The lowest BCUT2D eigenvalue weighted by Gasteiger charge is -2.29. The first-order valence-electron chi connectivity index (χ1n) is 32.6. The molecule has 0 saturated heterocycles. The number of nitrogens with zero attached hydrogens (tertiary/aromatic N) is 1. The highest BCUT2D eigenvalue weighted by molar-refractivity contribution is 7.45. The van der Waals surface area contributed by atoms with Crippen LogP contribution in [-0.4, -0.2) is 68.5 Å². The van der Waals surface area contributed by atoms with E-state index < -0.39 is 20.0 Å². The van der Waals surface area contributed by atoms with Gasteiger partial charge in [0.2, 0.25) is 5.91 Å². The molecule has 0 aliphatic carbocycles. The topological polar surface area (TPSA) is 108 Å². The van der Waals surface area contributed by atoms with Gasteiger partial charge in [-0.2, -0.15) is 0 Å². The molecule has 2 N–H and O–H groups in total. The zero-order chi connectivity index (χ0) is 53.5. The van der Waals surface area contributed by atoms with Gasteiger partial charge < -0.3 is 28.8 Å². The highest BCUT2D eigenvalue weighted by Gasteiger charge is 2.23. The lowest BCUT2D eigenvalue weighted by molar-refractivity contribution is -0.870. The van der Waals surface area contributed by atoms with Crippen LogP contribution in [0.5, 0.6) is 0 Å². The number of phosphoric ester groups is 1. The maximum atomic E-state index is 13.0. The molecule has 0 saturated carbocycles. The number of hydrogen-bond donors (Lipinski definition) is 2. The Kier molecular flexibility index (Phi) is 55.4. The average molecular weight is 1050 g/mol. The van der Waals surface area contributed by atoms with Gasteiger partial charge in [-0.1, -0.05) is 328 Å². The Hall–Kier alpha value is -0.760. The van der Waals surface area contributed by atoms with Crippen molar-refractivity contribution in [1.29, 1.82) is 0 Å². The summed E-state index contributed by atoms with van der Waals surface area (Å²) in [6, 6.07) is -0.882. The fraction of sp³-hybridized carbons (Fsp3) is 0.953. The van der Waals surface area contributed by atoms with E-state index in [-0.39, 0.29) is 19.1 Å². The van der Waals surface area contributed by atoms with Crippen molar-refractivity contribution in [3.05, 3.63) is 12.2 Å². The van der Waals surface area contributed by atoms with E-state index in [4.69, 9.17) is 9.05 Å². The molecule has 0 spiro atoms. The van der Waals surface area contributed by atoms with Gasteiger partial charge in [0.25, 0.3) is 7.82 Å². The molecular weight excluding hydrogens is 924 g/mol. The van der Waals surface area contributed by atoms with Crippen molar-refractivity contribution in [3.63, 3.8) is 0 Å². The van der Waals surface area contributed by atoms with Crippen LogP contribution in [0.25, 0.3) is 0 Å². The predicted molar refractivity (Wildman–Crippen MR) is 316 cm³/mol. The van der Waals surface area contributed by atoms with Crippen molar-refractivity contribution in [2.45, 2.75) is 353 Å². The van der Waals surface area contributed by atoms with Crippen molar-refractivity contribution in [2.75, 3.05) is 40.9 Å². The summed E-state index contributed by atoms with van der Waals surface area (Å²) in [5.41, 5.74) is 0. The molecular formula is C64H129N2O6P.